The van der Waals surface area contributed by atoms with Crippen LogP contribution in [0.1, 0.15) is 27.7 Å². The molecule has 3 heterocycles. The summed E-state index contributed by atoms with van der Waals surface area (Å²) in [5.74, 6) is 0.201. The SMILES string of the molecule is Cc1cc(=O)cc(C2CN(C(=O)c3cnn(C)c3)C2)[nH]1. The maximum Gasteiger partial charge on any atom is 0.257 e. The third kappa shape index (κ3) is 2.24. The Morgan fingerprint density at radius 2 is 2.15 bits per heavy atom. The molecule has 6 heteroatoms. The highest BCUT2D eigenvalue weighted by Crippen LogP contribution is 2.26. The van der Waals surface area contributed by atoms with E-state index in [1.165, 1.54) is 0 Å². The first-order valence-electron chi connectivity index (χ1n) is 6.52. The molecule has 0 atom stereocenters. The minimum absolute atomic E-state index is 0.00767. The van der Waals surface area contributed by atoms with Gasteiger partial charge in [0.1, 0.15) is 0 Å². The number of carbonyl (C=O) groups excluding carboxylic acids is 1. The van der Waals surface area contributed by atoms with Crippen molar-refractivity contribution in [2.24, 2.45) is 7.05 Å². The highest BCUT2D eigenvalue weighted by Gasteiger charge is 2.33. The molecule has 104 valence electrons. The Hall–Kier alpha value is -2.37. The van der Waals surface area contributed by atoms with E-state index in [1.54, 1.807) is 41.2 Å². The van der Waals surface area contributed by atoms with Gasteiger partial charge in [-0.15, -0.1) is 0 Å². The second kappa shape index (κ2) is 4.63. The first kappa shape index (κ1) is 12.7. The molecule has 0 bridgehead atoms. The number of pyridine rings is 1. The van der Waals surface area contributed by atoms with Crippen LogP contribution in [0.25, 0.3) is 0 Å². The molecule has 2 aromatic heterocycles. The quantitative estimate of drug-likeness (QED) is 0.873. The van der Waals surface area contributed by atoms with Crippen molar-refractivity contribution in [3.05, 3.63) is 51.7 Å². The second-order valence-corrected chi connectivity index (χ2v) is 5.26. The van der Waals surface area contributed by atoms with E-state index in [1.807, 2.05) is 6.92 Å². The smallest absolute Gasteiger partial charge is 0.257 e. The van der Waals surface area contributed by atoms with Crippen molar-refractivity contribution in [1.29, 1.82) is 0 Å². The molecule has 1 saturated heterocycles. The van der Waals surface area contributed by atoms with E-state index < -0.39 is 0 Å². The lowest BCUT2D eigenvalue weighted by molar-refractivity contribution is 0.0598. The highest BCUT2D eigenvalue weighted by molar-refractivity contribution is 5.94. The molecule has 0 spiro atoms. The first-order chi connectivity index (χ1) is 9.52. The normalized spacial score (nSPS) is 15.2. The van der Waals surface area contributed by atoms with Crippen LogP contribution in [0, 0.1) is 6.92 Å². The molecule has 1 amide bonds. The van der Waals surface area contributed by atoms with Crippen LogP contribution in [0.5, 0.6) is 0 Å². The highest BCUT2D eigenvalue weighted by atomic mass is 16.2. The Labute approximate surface area is 116 Å². The van der Waals surface area contributed by atoms with Crippen LogP contribution in [0.2, 0.25) is 0 Å². The molecule has 1 aliphatic heterocycles. The Kier molecular flexibility index (Phi) is 2.93. The average Bonchev–Trinajstić information content (AvgIpc) is 2.72. The summed E-state index contributed by atoms with van der Waals surface area (Å²) in [6.45, 7) is 3.13. The summed E-state index contributed by atoms with van der Waals surface area (Å²) in [7, 11) is 1.78. The molecule has 0 aliphatic carbocycles. The van der Waals surface area contributed by atoms with Gasteiger partial charge in [-0.25, -0.2) is 0 Å². The Bertz CT molecular complexity index is 710. The van der Waals surface area contributed by atoms with Gasteiger partial charge in [-0.1, -0.05) is 0 Å². The number of aromatic amines is 1. The average molecular weight is 272 g/mol. The maximum absolute atomic E-state index is 12.2. The summed E-state index contributed by atoms with van der Waals surface area (Å²) in [5, 5.41) is 4.00. The summed E-state index contributed by atoms with van der Waals surface area (Å²) >= 11 is 0. The Balaban J connectivity index is 1.69. The third-order valence-electron chi connectivity index (χ3n) is 3.56. The van der Waals surface area contributed by atoms with E-state index in [9.17, 15) is 9.59 Å². The first-order valence-corrected chi connectivity index (χ1v) is 6.52. The minimum atomic E-state index is -0.00986. The fraction of sp³-hybridized carbons (Fsp3) is 0.357. The summed E-state index contributed by atoms with van der Waals surface area (Å²) in [6.07, 6.45) is 3.29. The van der Waals surface area contributed by atoms with Crippen LogP contribution in [-0.2, 0) is 7.05 Å². The lowest BCUT2D eigenvalue weighted by atomic mass is 9.95. The number of aromatic nitrogens is 3. The zero-order valence-corrected chi connectivity index (χ0v) is 11.5. The molecule has 1 fully saturated rings. The molecule has 0 radical (unpaired) electrons. The van der Waals surface area contributed by atoms with Gasteiger partial charge in [0.2, 0.25) is 0 Å². The van der Waals surface area contributed by atoms with Crippen LogP contribution in [0.15, 0.2) is 29.3 Å². The number of likely N-dealkylation sites (tertiary alicyclic amines) is 1. The van der Waals surface area contributed by atoms with Crippen LogP contribution >= 0.6 is 0 Å². The zero-order chi connectivity index (χ0) is 14.3. The molecule has 6 nitrogen and oxygen atoms in total. The second-order valence-electron chi connectivity index (χ2n) is 5.26. The number of nitrogens with zero attached hydrogens (tertiary/aromatic N) is 3. The van der Waals surface area contributed by atoms with Crippen molar-refractivity contribution in [3.63, 3.8) is 0 Å². The topological polar surface area (TPSA) is 71.0 Å². The van der Waals surface area contributed by atoms with Gasteiger partial charge < -0.3 is 9.88 Å². The van der Waals surface area contributed by atoms with Gasteiger partial charge in [0, 0.05) is 55.8 Å². The predicted molar refractivity (Wildman–Crippen MR) is 73.7 cm³/mol. The van der Waals surface area contributed by atoms with Gasteiger partial charge in [-0.05, 0) is 6.92 Å². The predicted octanol–water partition coefficient (Wildman–Crippen LogP) is 0.656. The zero-order valence-electron chi connectivity index (χ0n) is 11.5. The van der Waals surface area contributed by atoms with E-state index in [2.05, 4.69) is 10.1 Å². The summed E-state index contributed by atoms with van der Waals surface area (Å²) in [6, 6.07) is 3.18. The number of hydrogen-bond donors (Lipinski definition) is 1. The van der Waals surface area contributed by atoms with E-state index in [0.717, 1.165) is 11.4 Å². The number of aryl methyl sites for hydroxylation is 2. The lowest BCUT2D eigenvalue weighted by Gasteiger charge is -2.39. The molecular weight excluding hydrogens is 256 g/mol. The van der Waals surface area contributed by atoms with E-state index in [-0.39, 0.29) is 17.3 Å². The fourth-order valence-electron chi connectivity index (χ4n) is 2.48. The van der Waals surface area contributed by atoms with E-state index in [0.29, 0.717) is 18.7 Å². The summed E-state index contributed by atoms with van der Waals surface area (Å²) < 4.78 is 1.61. The van der Waals surface area contributed by atoms with Crippen molar-refractivity contribution < 1.29 is 4.79 Å². The molecule has 1 aliphatic rings. The minimum Gasteiger partial charge on any atom is -0.362 e. The van der Waals surface area contributed by atoms with Crippen LogP contribution in [0.3, 0.4) is 0 Å². The maximum atomic E-state index is 12.2. The number of hydrogen-bond acceptors (Lipinski definition) is 3. The van der Waals surface area contributed by atoms with Crippen LogP contribution in [0.4, 0.5) is 0 Å². The van der Waals surface area contributed by atoms with Gasteiger partial charge in [0.25, 0.3) is 5.91 Å². The van der Waals surface area contributed by atoms with Crippen molar-refractivity contribution in [3.8, 4) is 0 Å². The number of rotatable bonds is 2. The van der Waals surface area contributed by atoms with Crippen molar-refractivity contribution >= 4 is 5.91 Å². The fourth-order valence-corrected chi connectivity index (χ4v) is 2.48. The molecule has 0 saturated carbocycles. The number of carbonyl (C=O) groups is 1. The van der Waals surface area contributed by atoms with Gasteiger partial charge in [0.05, 0.1) is 11.8 Å². The number of H-pyrrole nitrogens is 1. The molecular formula is C14H16N4O2. The van der Waals surface area contributed by atoms with Crippen molar-refractivity contribution in [2.75, 3.05) is 13.1 Å². The number of nitrogens with one attached hydrogen (secondary N) is 1. The molecule has 3 rings (SSSR count). The Morgan fingerprint density at radius 1 is 1.40 bits per heavy atom. The van der Waals surface area contributed by atoms with Gasteiger partial charge in [0.15, 0.2) is 5.43 Å². The van der Waals surface area contributed by atoms with Crippen LogP contribution in [-0.4, -0.2) is 38.7 Å². The molecule has 0 unspecified atom stereocenters. The summed E-state index contributed by atoms with van der Waals surface area (Å²) in [5.41, 5.74) is 2.37. The van der Waals surface area contributed by atoms with Crippen LogP contribution < -0.4 is 5.43 Å². The van der Waals surface area contributed by atoms with Crippen molar-refractivity contribution in [2.45, 2.75) is 12.8 Å². The molecule has 1 N–H and O–H groups in total. The third-order valence-corrected chi connectivity index (χ3v) is 3.56. The van der Waals surface area contributed by atoms with Gasteiger partial charge in [-0.3, -0.25) is 14.3 Å². The number of amides is 1. The standard InChI is InChI=1S/C14H16N4O2/c1-9-3-12(19)4-13(16-9)11-7-18(8-11)14(20)10-5-15-17(2)6-10/h3-6,11H,7-8H2,1-2H3,(H,16,19). The Morgan fingerprint density at radius 3 is 2.75 bits per heavy atom. The largest absolute Gasteiger partial charge is 0.362 e. The molecule has 0 aromatic carbocycles. The molecule has 20 heavy (non-hydrogen) atoms. The van der Waals surface area contributed by atoms with E-state index in [4.69, 9.17) is 0 Å². The lowest BCUT2D eigenvalue weighted by Crippen LogP contribution is -2.48. The molecule has 2 aromatic rings. The monoisotopic (exact) mass is 272 g/mol. The van der Waals surface area contributed by atoms with E-state index >= 15 is 0 Å². The van der Waals surface area contributed by atoms with Gasteiger partial charge >= 0.3 is 0 Å². The van der Waals surface area contributed by atoms with Crippen molar-refractivity contribution in [1.82, 2.24) is 19.7 Å². The van der Waals surface area contributed by atoms with Gasteiger partial charge in [-0.2, -0.15) is 5.10 Å². The summed E-state index contributed by atoms with van der Waals surface area (Å²) in [4.78, 5) is 28.6.